The maximum Gasteiger partial charge on any atom is 2.00 e. The van der Waals surface area contributed by atoms with Crippen LogP contribution in [0.1, 0.15) is 0 Å². The Labute approximate surface area is 145 Å². The molecule has 2 fully saturated rings. The average molecular weight is 398 g/mol. The van der Waals surface area contributed by atoms with E-state index in [1.807, 2.05) is 0 Å². The Morgan fingerprint density at radius 2 is 1.00 bits per heavy atom. The molecule has 0 unspecified atom stereocenters. The third-order valence-electron chi connectivity index (χ3n) is 2.15. The molecule has 0 radical (unpaired) electrons. The first-order chi connectivity index (χ1) is 9.58. The van der Waals surface area contributed by atoms with Crippen molar-refractivity contribution in [3.05, 3.63) is 0 Å². The van der Waals surface area contributed by atoms with Gasteiger partial charge in [-0.25, -0.2) is 9.80 Å². The maximum absolute atomic E-state index is 10.1. The van der Waals surface area contributed by atoms with Crippen LogP contribution in [0.3, 0.4) is 0 Å². The summed E-state index contributed by atoms with van der Waals surface area (Å²) in [6.07, 6.45) is 0. The molecule has 0 saturated carbocycles. The van der Waals surface area contributed by atoms with Gasteiger partial charge in [0.15, 0.2) is 0 Å². The number of aliphatic carboxylic acids is 2. The quantitative estimate of drug-likeness (QED) is 0.360. The van der Waals surface area contributed by atoms with E-state index in [-0.39, 0.29) is 57.1 Å². The van der Waals surface area contributed by atoms with Gasteiger partial charge in [-0.05, 0) is 0 Å². The maximum atomic E-state index is 10.1. The summed E-state index contributed by atoms with van der Waals surface area (Å²) in [5, 5.41) is 16.6. The number of rotatable bonds is 4. The molecule has 132 valence electrons. The fraction of sp³-hybridized carbons (Fsp3) is 0.800. The van der Waals surface area contributed by atoms with Gasteiger partial charge in [-0.15, -0.1) is 0 Å². The van der Waals surface area contributed by atoms with Crippen molar-refractivity contribution in [3.8, 4) is 0 Å². The molecule has 0 aromatic carbocycles. The van der Waals surface area contributed by atoms with Crippen LogP contribution in [0.4, 0.5) is 0 Å². The van der Waals surface area contributed by atoms with Crippen LogP contribution in [-0.4, -0.2) is 85.6 Å². The summed E-state index contributed by atoms with van der Waals surface area (Å²) in [6, 6.07) is 0. The number of carbonyl (C=O) groups is 2. The van der Waals surface area contributed by atoms with E-state index in [9.17, 15) is 9.59 Å². The van der Waals surface area contributed by atoms with Gasteiger partial charge in [-0.1, -0.05) is 0 Å². The molecule has 0 aromatic rings. The number of nitrogens with zero attached hydrogens (tertiary/aromatic N) is 2. The van der Waals surface area contributed by atoms with Crippen LogP contribution in [0.5, 0.6) is 0 Å². The minimum absolute atomic E-state index is 0. The predicted octanol–water partition coefficient (Wildman–Crippen LogP) is -3.26. The first kappa shape index (κ1) is 27.1. The molecule has 8 N–H and O–H groups in total. The second-order valence-corrected chi connectivity index (χ2v) is 4.01. The molecule has 12 nitrogen and oxygen atoms in total. The Morgan fingerprint density at radius 1 is 0.739 bits per heavy atom. The van der Waals surface area contributed by atoms with Gasteiger partial charge in [-0.2, -0.15) is 0 Å². The van der Waals surface area contributed by atoms with Crippen molar-refractivity contribution in [1.29, 1.82) is 0 Å². The van der Waals surface area contributed by atoms with Crippen molar-refractivity contribution < 1.29 is 69.2 Å². The first-order valence-electron chi connectivity index (χ1n) is 5.77. The van der Waals surface area contributed by atoms with Crippen LogP contribution in [0.25, 0.3) is 0 Å². The molecule has 0 aromatic heterocycles. The molecular weight excluding hydrogens is 374 g/mol. The summed E-state index contributed by atoms with van der Waals surface area (Å²) in [6.45, 7) is 1.82. The third kappa shape index (κ3) is 14.6. The van der Waals surface area contributed by atoms with Crippen LogP contribution in [0.2, 0.25) is 0 Å². The Kier molecular flexibility index (Phi) is 19.0. The molecule has 2 rings (SSSR count). The zero-order chi connectivity index (χ0) is 14.8. The van der Waals surface area contributed by atoms with Crippen molar-refractivity contribution in [2.75, 3.05) is 53.6 Å². The molecule has 0 amide bonds. The standard InChI is InChI=1S/2C5H9NO4.2H2O.Zn/c2*7-5(8)1-6-2-9-4-10-3-6;;;/h2*1-4H2,(H,7,8);2*1H2;/q;;;;+2/p+2. The Balaban J connectivity index is -0.000000308. The summed E-state index contributed by atoms with van der Waals surface area (Å²) in [4.78, 5) is 23.3. The van der Waals surface area contributed by atoms with Crippen LogP contribution < -0.4 is 0 Å². The van der Waals surface area contributed by atoms with E-state index in [4.69, 9.17) is 29.2 Å². The van der Waals surface area contributed by atoms with Gasteiger partial charge < -0.3 is 40.1 Å². The number of carboxylic acids is 2. The SMILES string of the molecule is O=C(O)CN1COCOC1.O=C(O)CN1COCOC1.[OH3+].[OH3+].[Zn+2]. The minimum Gasteiger partial charge on any atom is -0.480 e. The van der Waals surface area contributed by atoms with E-state index in [0.29, 0.717) is 26.9 Å². The number of hydrogen-bond donors (Lipinski definition) is 2. The summed E-state index contributed by atoms with van der Waals surface area (Å²) in [7, 11) is 0. The topological polar surface area (TPSA) is 184 Å². The van der Waals surface area contributed by atoms with E-state index < -0.39 is 11.9 Å². The Hall–Kier alpha value is -0.757. The number of carboxylic acid groups (broad SMARTS) is 2. The second-order valence-electron chi connectivity index (χ2n) is 4.01. The fourth-order valence-corrected chi connectivity index (χ4v) is 1.42. The average Bonchev–Trinajstić information content (AvgIpc) is 2.40. The van der Waals surface area contributed by atoms with Crippen LogP contribution >= 0.6 is 0 Å². The van der Waals surface area contributed by atoms with Gasteiger partial charge in [-0.3, -0.25) is 9.59 Å². The van der Waals surface area contributed by atoms with Gasteiger partial charge in [0.05, 0.1) is 0 Å². The van der Waals surface area contributed by atoms with E-state index in [1.54, 1.807) is 9.80 Å². The predicted molar refractivity (Wildman–Crippen MR) is 72.0 cm³/mol. The van der Waals surface area contributed by atoms with E-state index in [0.717, 1.165) is 0 Å². The largest absolute Gasteiger partial charge is 2.00 e. The smallest absolute Gasteiger partial charge is 0.480 e. The molecule has 0 atom stereocenters. The van der Waals surface area contributed by atoms with Crippen molar-refractivity contribution in [1.82, 2.24) is 9.80 Å². The summed E-state index contributed by atoms with van der Waals surface area (Å²) < 4.78 is 19.3. The summed E-state index contributed by atoms with van der Waals surface area (Å²) >= 11 is 0. The summed E-state index contributed by atoms with van der Waals surface area (Å²) in [5.74, 6) is -1.73. The van der Waals surface area contributed by atoms with Crippen molar-refractivity contribution in [2.45, 2.75) is 0 Å². The van der Waals surface area contributed by atoms with Crippen molar-refractivity contribution >= 4 is 11.9 Å². The first-order valence-corrected chi connectivity index (χ1v) is 5.77. The summed E-state index contributed by atoms with van der Waals surface area (Å²) in [5.41, 5.74) is 0. The molecule has 0 bridgehead atoms. The van der Waals surface area contributed by atoms with E-state index in [2.05, 4.69) is 0 Å². The molecule has 23 heavy (non-hydrogen) atoms. The normalized spacial score (nSPS) is 18.1. The van der Waals surface area contributed by atoms with E-state index >= 15 is 0 Å². The second kappa shape index (κ2) is 16.1. The molecular formula is C10H24N2O10Zn+4. The van der Waals surface area contributed by atoms with Gasteiger partial charge in [0.2, 0.25) is 0 Å². The number of ether oxygens (including phenoxy) is 4. The van der Waals surface area contributed by atoms with Gasteiger partial charge >= 0.3 is 31.4 Å². The Bertz CT molecular complexity index is 280. The van der Waals surface area contributed by atoms with Gasteiger partial charge in [0.1, 0.15) is 53.6 Å². The molecule has 13 heteroatoms. The zero-order valence-corrected chi connectivity index (χ0v) is 15.7. The minimum atomic E-state index is -0.867. The third-order valence-corrected chi connectivity index (χ3v) is 2.15. The van der Waals surface area contributed by atoms with Crippen molar-refractivity contribution in [3.63, 3.8) is 0 Å². The Morgan fingerprint density at radius 3 is 1.22 bits per heavy atom. The van der Waals surface area contributed by atoms with Crippen LogP contribution in [-0.2, 0) is 59.0 Å². The zero-order valence-electron chi connectivity index (χ0n) is 12.8. The molecule has 2 aliphatic heterocycles. The monoisotopic (exact) mass is 396 g/mol. The van der Waals surface area contributed by atoms with E-state index in [1.165, 1.54) is 0 Å². The molecule has 0 spiro atoms. The van der Waals surface area contributed by atoms with Crippen LogP contribution in [0.15, 0.2) is 0 Å². The van der Waals surface area contributed by atoms with Gasteiger partial charge in [0.25, 0.3) is 0 Å². The molecule has 0 aliphatic carbocycles. The molecule has 2 saturated heterocycles. The number of hydrogen-bond acceptors (Lipinski definition) is 8. The van der Waals surface area contributed by atoms with Crippen molar-refractivity contribution in [2.24, 2.45) is 0 Å². The molecule has 2 aliphatic rings. The van der Waals surface area contributed by atoms with Crippen LogP contribution in [0, 0.1) is 0 Å². The van der Waals surface area contributed by atoms with Gasteiger partial charge in [0, 0.05) is 0 Å². The molecule has 2 heterocycles. The fourth-order valence-electron chi connectivity index (χ4n) is 1.42.